The summed E-state index contributed by atoms with van der Waals surface area (Å²) in [6, 6.07) is 17.6. The SMILES string of the molecule is O=C(O[C@H](C(=O)Nc1cccc(I)c1)[C@@H](OC(=O)c1ccc(Cl)cc1)C(=O)O)c1ccc(Cl)cc1. The van der Waals surface area contributed by atoms with Gasteiger partial charge in [-0.3, -0.25) is 4.79 Å². The Morgan fingerprint density at radius 1 is 0.771 bits per heavy atom. The number of ether oxygens (including phenoxy) is 2. The number of rotatable bonds is 8. The lowest BCUT2D eigenvalue weighted by atomic mass is 10.1. The lowest BCUT2D eigenvalue weighted by molar-refractivity contribution is -0.157. The number of esters is 2. The Labute approximate surface area is 223 Å². The topological polar surface area (TPSA) is 119 Å². The Morgan fingerprint density at radius 3 is 1.71 bits per heavy atom. The quantitative estimate of drug-likeness (QED) is 0.264. The van der Waals surface area contributed by atoms with Gasteiger partial charge in [0, 0.05) is 19.3 Å². The van der Waals surface area contributed by atoms with Crippen LogP contribution in [-0.4, -0.2) is 41.1 Å². The third kappa shape index (κ3) is 7.41. The molecule has 1 amide bonds. The molecular formula is C24H16Cl2INO7. The molecular weight excluding hydrogens is 612 g/mol. The largest absolute Gasteiger partial charge is 0.478 e. The molecule has 2 N–H and O–H groups in total. The van der Waals surface area contributed by atoms with Gasteiger partial charge in [-0.2, -0.15) is 0 Å². The summed E-state index contributed by atoms with van der Waals surface area (Å²) in [6.45, 7) is 0. The summed E-state index contributed by atoms with van der Waals surface area (Å²) < 4.78 is 11.1. The second kappa shape index (κ2) is 12.0. The van der Waals surface area contributed by atoms with Crippen LogP contribution >= 0.6 is 45.8 Å². The number of hydrogen-bond donors (Lipinski definition) is 2. The monoisotopic (exact) mass is 627 g/mol. The standard InChI is InChI=1S/C24H16Cl2INO7/c25-15-8-4-13(5-9-15)23(32)34-19(21(29)28-18-3-1-2-17(27)12-18)20(22(30)31)35-24(33)14-6-10-16(26)11-7-14/h1-12,19-20H,(H,28,29)(H,30,31)/t19-,20+/m0/s1. The number of carbonyl (C=O) groups excluding carboxylic acids is 3. The van der Waals surface area contributed by atoms with E-state index in [0.29, 0.717) is 15.7 Å². The molecule has 0 fully saturated rings. The third-order valence-electron chi connectivity index (χ3n) is 4.50. The van der Waals surface area contributed by atoms with Crippen molar-refractivity contribution >= 4 is 75.3 Å². The summed E-state index contributed by atoms with van der Waals surface area (Å²) in [6.07, 6.45) is -4.18. The number of anilines is 1. The van der Waals surface area contributed by atoms with E-state index in [-0.39, 0.29) is 11.1 Å². The van der Waals surface area contributed by atoms with Crippen molar-refractivity contribution in [1.82, 2.24) is 0 Å². The van der Waals surface area contributed by atoms with Gasteiger partial charge in [0.05, 0.1) is 11.1 Å². The maximum atomic E-state index is 13.1. The van der Waals surface area contributed by atoms with Crippen LogP contribution in [0.3, 0.4) is 0 Å². The molecule has 0 aromatic heterocycles. The fourth-order valence-corrected chi connectivity index (χ4v) is 3.61. The van der Waals surface area contributed by atoms with Gasteiger partial charge in [-0.1, -0.05) is 29.3 Å². The minimum Gasteiger partial charge on any atom is -0.478 e. The van der Waals surface area contributed by atoms with Gasteiger partial charge >= 0.3 is 17.9 Å². The van der Waals surface area contributed by atoms with E-state index in [1.54, 1.807) is 24.3 Å². The van der Waals surface area contributed by atoms with Gasteiger partial charge in [0.15, 0.2) is 0 Å². The Morgan fingerprint density at radius 2 is 1.26 bits per heavy atom. The zero-order chi connectivity index (χ0) is 25.5. The molecule has 8 nitrogen and oxygen atoms in total. The molecule has 0 aliphatic rings. The highest BCUT2D eigenvalue weighted by molar-refractivity contribution is 14.1. The van der Waals surface area contributed by atoms with Crippen molar-refractivity contribution in [3.05, 3.63) is 97.5 Å². The Balaban J connectivity index is 1.90. The molecule has 35 heavy (non-hydrogen) atoms. The molecule has 0 radical (unpaired) electrons. The number of halogens is 3. The number of amides is 1. The summed E-state index contributed by atoms with van der Waals surface area (Å²) in [5.41, 5.74) is 0.318. The van der Waals surface area contributed by atoms with E-state index in [1.807, 2.05) is 22.6 Å². The number of aliphatic carboxylic acids is 1. The fraction of sp³-hybridized carbons (Fsp3) is 0.0833. The molecule has 2 atom stereocenters. The van der Waals surface area contributed by atoms with E-state index in [2.05, 4.69) is 5.32 Å². The van der Waals surface area contributed by atoms with Crippen molar-refractivity contribution in [2.24, 2.45) is 0 Å². The van der Waals surface area contributed by atoms with E-state index in [9.17, 15) is 24.3 Å². The molecule has 0 saturated carbocycles. The highest BCUT2D eigenvalue weighted by Crippen LogP contribution is 2.19. The molecule has 0 spiro atoms. The van der Waals surface area contributed by atoms with Crippen LogP contribution in [0.4, 0.5) is 5.69 Å². The first-order valence-corrected chi connectivity index (χ1v) is 11.7. The lowest BCUT2D eigenvalue weighted by Gasteiger charge is -2.23. The maximum Gasteiger partial charge on any atom is 0.349 e. The lowest BCUT2D eigenvalue weighted by Crippen LogP contribution is -2.48. The summed E-state index contributed by atoms with van der Waals surface area (Å²) in [5, 5.41) is 13.0. The summed E-state index contributed by atoms with van der Waals surface area (Å²) >= 11 is 13.7. The van der Waals surface area contributed by atoms with E-state index >= 15 is 0 Å². The number of hydrogen-bond acceptors (Lipinski definition) is 6. The van der Waals surface area contributed by atoms with E-state index in [0.717, 1.165) is 3.57 Å². The highest BCUT2D eigenvalue weighted by Gasteiger charge is 2.41. The van der Waals surface area contributed by atoms with Gasteiger partial charge in [0.25, 0.3) is 5.91 Å². The molecule has 11 heteroatoms. The molecule has 180 valence electrons. The Bertz CT molecular complexity index is 1250. The molecule has 0 saturated heterocycles. The van der Waals surface area contributed by atoms with Crippen molar-refractivity contribution in [3.63, 3.8) is 0 Å². The Hall–Kier alpha value is -3.15. The summed E-state index contributed by atoms with van der Waals surface area (Å²) in [5.74, 6) is -4.77. The predicted molar refractivity (Wildman–Crippen MR) is 137 cm³/mol. The minimum absolute atomic E-state index is 0.00891. The van der Waals surface area contributed by atoms with Crippen LogP contribution in [0.25, 0.3) is 0 Å². The van der Waals surface area contributed by atoms with Gasteiger partial charge in [0.1, 0.15) is 0 Å². The predicted octanol–water partition coefficient (Wildman–Crippen LogP) is 5.07. The molecule has 0 bridgehead atoms. The zero-order valence-corrected chi connectivity index (χ0v) is 21.3. The van der Waals surface area contributed by atoms with Crippen LogP contribution < -0.4 is 5.32 Å². The first-order valence-electron chi connectivity index (χ1n) is 9.86. The summed E-state index contributed by atoms with van der Waals surface area (Å²) in [4.78, 5) is 50.4. The fourth-order valence-electron chi connectivity index (χ4n) is 2.81. The summed E-state index contributed by atoms with van der Waals surface area (Å²) in [7, 11) is 0. The van der Waals surface area contributed by atoms with Crippen LogP contribution in [-0.2, 0) is 19.1 Å². The van der Waals surface area contributed by atoms with Crippen LogP contribution in [0.2, 0.25) is 10.0 Å². The average molecular weight is 628 g/mol. The normalized spacial score (nSPS) is 12.2. The van der Waals surface area contributed by atoms with E-state index in [4.69, 9.17) is 32.7 Å². The Kier molecular flexibility index (Phi) is 9.07. The molecule has 0 aliphatic heterocycles. The van der Waals surface area contributed by atoms with Crippen LogP contribution in [0.5, 0.6) is 0 Å². The zero-order valence-electron chi connectivity index (χ0n) is 17.6. The van der Waals surface area contributed by atoms with Crippen molar-refractivity contribution < 1.29 is 33.8 Å². The number of carboxylic acid groups (broad SMARTS) is 1. The van der Waals surface area contributed by atoms with Crippen LogP contribution in [0.1, 0.15) is 20.7 Å². The maximum absolute atomic E-state index is 13.1. The second-order valence-electron chi connectivity index (χ2n) is 7.00. The van der Waals surface area contributed by atoms with Gasteiger partial charge < -0.3 is 19.9 Å². The molecule has 0 aliphatic carbocycles. The number of nitrogens with one attached hydrogen (secondary N) is 1. The average Bonchev–Trinajstić information content (AvgIpc) is 2.81. The van der Waals surface area contributed by atoms with Gasteiger partial charge in [-0.15, -0.1) is 0 Å². The number of benzene rings is 3. The second-order valence-corrected chi connectivity index (χ2v) is 9.12. The number of carboxylic acids is 1. The molecule has 3 aromatic carbocycles. The smallest absolute Gasteiger partial charge is 0.349 e. The number of carbonyl (C=O) groups is 4. The first-order chi connectivity index (χ1) is 16.6. The molecule has 3 aromatic rings. The van der Waals surface area contributed by atoms with Crippen LogP contribution in [0.15, 0.2) is 72.8 Å². The van der Waals surface area contributed by atoms with Gasteiger partial charge in [-0.05, 0) is 89.3 Å². The van der Waals surface area contributed by atoms with Crippen LogP contribution in [0, 0.1) is 3.57 Å². The molecule has 0 unspecified atom stereocenters. The third-order valence-corrected chi connectivity index (χ3v) is 5.67. The van der Waals surface area contributed by atoms with Crippen molar-refractivity contribution in [1.29, 1.82) is 0 Å². The first kappa shape index (κ1) is 26.5. The van der Waals surface area contributed by atoms with Crippen molar-refractivity contribution in [2.45, 2.75) is 12.2 Å². The van der Waals surface area contributed by atoms with Crippen molar-refractivity contribution in [3.8, 4) is 0 Å². The highest BCUT2D eigenvalue weighted by atomic mass is 127. The van der Waals surface area contributed by atoms with E-state index < -0.39 is 36.0 Å². The van der Waals surface area contributed by atoms with E-state index in [1.165, 1.54) is 48.5 Å². The molecule has 3 rings (SSSR count). The minimum atomic E-state index is -2.16. The molecule has 0 heterocycles. The van der Waals surface area contributed by atoms with Gasteiger partial charge in [0.2, 0.25) is 12.2 Å². The van der Waals surface area contributed by atoms with Gasteiger partial charge in [-0.25, -0.2) is 14.4 Å². The van der Waals surface area contributed by atoms with Crippen molar-refractivity contribution in [2.75, 3.05) is 5.32 Å².